The molecule has 0 radical (unpaired) electrons. The lowest BCUT2D eigenvalue weighted by molar-refractivity contribution is -0.121. The Hall–Kier alpha value is -1.15. The SMILES string of the molecule is O=C(CC1CCOCC1)C1CC1c1ccccc1. The summed E-state index contributed by atoms with van der Waals surface area (Å²) in [5.41, 5.74) is 1.34. The van der Waals surface area contributed by atoms with Gasteiger partial charge in [-0.05, 0) is 36.7 Å². The summed E-state index contributed by atoms with van der Waals surface area (Å²) in [6, 6.07) is 10.4. The Kier molecular flexibility index (Phi) is 3.46. The van der Waals surface area contributed by atoms with Gasteiger partial charge in [0.25, 0.3) is 0 Å². The highest BCUT2D eigenvalue weighted by Crippen LogP contribution is 2.49. The molecule has 1 saturated carbocycles. The van der Waals surface area contributed by atoms with Gasteiger partial charge in [-0.2, -0.15) is 0 Å². The number of ketones is 1. The first-order valence-corrected chi connectivity index (χ1v) is 7.00. The van der Waals surface area contributed by atoms with Gasteiger partial charge in [-0.1, -0.05) is 30.3 Å². The van der Waals surface area contributed by atoms with Gasteiger partial charge in [-0.25, -0.2) is 0 Å². The van der Waals surface area contributed by atoms with E-state index in [0.717, 1.165) is 38.9 Å². The molecule has 3 rings (SSSR count). The zero-order valence-corrected chi connectivity index (χ0v) is 10.7. The van der Waals surface area contributed by atoms with Crippen molar-refractivity contribution in [3.8, 4) is 0 Å². The Morgan fingerprint density at radius 2 is 1.89 bits per heavy atom. The lowest BCUT2D eigenvalue weighted by Gasteiger charge is -2.21. The fourth-order valence-electron chi connectivity index (χ4n) is 3.01. The number of rotatable bonds is 4. The Labute approximate surface area is 108 Å². The van der Waals surface area contributed by atoms with Crippen LogP contribution >= 0.6 is 0 Å². The van der Waals surface area contributed by atoms with Crippen LogP contribution in [0.15, 0.2) is 30.3 Å². The van der Waals surface area contributed by atoms with Gasteiger partial charge >= 0.3 is 0 Å². The lowest BCUT2D eigenvalue weighted by atomic mass is 9.92. The minimum atomic E-state index is 0.301. The van der Waals surface area contributed by atoms with E-state index in [0.29, 0.717) is 23.5 Å². The summed E-state index contributed by atoms with van der Waals surface area (Å²) in [5.74, 6) is 1.85. The van der Waals surface area contributed by atoms with E-state index in [-0.39, 0.29) is 0 Å². The molecule has 96 valence electrons. The fourth-order valence-corrected chi connectivity index (χ4v) is 3.01. The summed E-state index contributed by atoms with van der Waals surface area (Å²) in [5, 5.41) is 0. The Bertz CT molecular complexity index is 406. The molecule has 2 unspecified atom stereocenters. The van der Waals surface area contributed by atoms with Crippen LogP contribution in [0.3, 0.4) is 0 Å². The fraction of sp³-hybridized carbons (Fsp3) is 0.562. The summed E-state index contributed by atoms with van der Waals surface area (Å²) >= 11 is 0. The maximum absolute atomic E-state index is 12.2. The van der Waals surface area contributed by atoms with E-state index >= 15 is 0 Å². The molecule has 2 heteroatoms. The van der Waals surface area contributed by atoms with Gasteiger partial charge in [-0.15, -0.1) is 0 Å². The minimum absolute atomic E-state index is 0.301. The predicted octanol–water partition coefficient (Wildman–Crippen LogP) is 3.18. The van der Waals surface area contributed by atoms with Crippen LogP contribution in [0.4, 0.5) is 0 Å². The zero-order valence-electron chi connectivity index (χ0n) is 10.7. The summed E-state index contributed by atoms with van der Waals surface area (Å²) in [4.78, 5) is 12.2. The first-order valence-electron chi connectivity index (χ1n) is 7.00. The Balaban J connectivity index is 1.53. The number of Topliss-reactive ketones (excluding diaryl/α,β-unsaturated/α-hetero) is 1. The van der Waals surface area contributed by atoms with Crippen molar-refractivity contribution in [2.45, 2.75) is 31.6 Å². The van der Waals surface area contributed by atoms with Gasteiger partial charge in [0, 0.05) is 25.6 Å². The number of hydrogen-bond acceptors (Lipinski definition) is 2. The van der Waals surface area contributed by atoms with E-state index in [2.05, 4.69) is 24.3 Å². The van der Waals surface area contributed by atoms with E-state index in [9.17, 15) is 4.79 Å². The zero-order chi connectivity index (χ0) is 12.4. The number of ether oxygens (including phenoxy) is 1. The molecule has 2 fully saturated rings. The summed E-state index contributed by atoms with van der Waals surface area (Å²) in [7, 11) is 0. The van der Waals surface area contributed by atoms with Crippen LogP contribution in [-0.4, -0.2) is 19.0 Å². The molecule has 1 aliphatic heterocycles. The highest BCUT2D eigenvalue weighted by Gasteiger charge is 2.43. The molecule has 0 bridgehead atoms. The van der Waals surface area contributed by atoms with Crippen LogP contribution in [-0.2, 0) is 9.53 Å². The summed E-state index contributed by atoms with van der Waals surface area (Å²) < 4.78 is 5.34. The van der Waals surface area contributed by atoms with Crippen molar-refractivity contribution >= 4 is 5.78 Å². The quantitative estimate of drug-likeness (QED) is 0.813. The number of carbonyl (C=O) groups excluding carboxylic acids is 1. The topological polar surface area (TPSA) is 26.3 Å². The standard InChI is InChI=1S/C16H20O2/c17-16(10-12-6-8-18-9-7-12)15-11-14(15)13-4-2-1-3-5-13/h1-5,12,14-15H,6-11H2. The molecule has 2 aliphatic rings. The molecule has 18 heavy (non-hydrogen) atoms. The van der Waals surface area contributed by atoms with Crippen molar-refractivity contribution in [1.29, 1.82) is 0 Å². The number of benzene rings is 1. The monoisotopic (exact) mass is 244 g/mol. The molecule has 0 amide bonds. The van der Waals surface area contributed by atoms with Gasteiger partial charge in [0.05, 0.1) is 0 Å². The van der Waals surface area contributed by atoms with Gasteiger partial charge in [0.15, 0.2) is 0 Å². The first kappa shape index (κ1) is 11.9. The lowest BCUT2D eigenvalue weighted by Crippen LogP contribution is -2.19. The molecular formula is C16H20O2. The van der Waals surface area contributed by atoms with Crippen LogP contribution in [0.1, 0.15) is 37.2 Å². The van der Waals surface area contributed by atoms with Crippen LogP contribution in [0, 0.1) is 11.8 Å². The van der Waals surface area contributed by atoms with Crippen molar-refractivity contribution in [3.05, 3.63) is 35.9 Å². The molecule has 1 saturated heterocycles. The number of carbonyl (C=O) groups is 1. The average Bonchev–Trinajstić information content (AvgIpc) is 3.21. The highest BCUT2D eigenvalue weighted by atomic mass is 16.5. The van der Waals surface area contributed by atoms with Crippen molar-refractivity contribution in [2.24, 2.45) is 11.8 Å². The first-order chi connectivity index (χ1) is 8.84. The maximum Gasteiger partial charge on any atom is 0.136 e. The molecule has 1 aliphatic carbocycles. The predicted molar refractivity (Wildman–Crippen MR) is 70.5 cm³/mol. The van der Waals surface area contributed by atoms with E-state index in [1.165, 1.54) is 5.56 Å². The van der Waals surface area contributed by atoms with Crippen LogP contribution in [0.2, 0.25) is 0 Å². The van der Waals surface area contributed by atoms with Crippen molar-refractivity contribution in [2.75, 3.05) is 13.2 Å². The van der Waals surface area contributed by atoms with Gasteiger partial charge < -0.3 is 4.74 Å². The Morgan fingerprint density at radius 1 is 1.17 bits per heavy atom. The third-order valence-corrected chi connectivity index (χ3v) is 4.26. The third-order valence-electron chi connectivity index (χ3n) is 4.26. The largest absolute Gasteiger partial charge is 0.381 e. The van der Waals surface area contributed by atoms with Crippen molar-refractivity contribution < 1.29 is 9.53 Å². The molecule has 1 aromatic rings. The number of hydrogen-bond donors (Lipinski definition) is 0. The highest BCUT2D eigenvalue weighted by molar-refractivity contribution is 5.85. The molecule has 0 N–H and O–H groups in total. The van der Waals surface area contributed by atoms with E-state index in [4.69, 9.17) is 4.74 Å². The molecule has 1 heterocycles. The molecule has 2 atom stereocenters. The van der Waals surface area contributed by atoms with E-state index in [1.807, 2.05) is 6.07 Å². The van der Waals surface area contributed by atoms with Gasteiger partial charge in [0.1, 0.15) is 5.78 Å². The molecule has 1 aromatic carbocycles. The van der Waals surface area contributed by atoms with Crippen LogP contribution < -0.4 is 0 Å². The maximum atomic E-state index is 12.2. The second-order valence-corrected chi connectivity index (χ2v) is 5.59. The summed E-state index contributed by atoms with van der Waals surface area (Å²) in [6.45, 7) is 1.68. The smallest absolute Gasteiger partial charge is 0.136 e. The molecule has 0 spiro atoms. The normalized spacial score (nSPS) is 28.0. The van der Waals surface area contributed by atoms with Crippen molar-refractivity contribution in [3.63, 3.8) is 0 Å². The molecule has 2 nitrogen and oxygen atoms in total. The molecule has 0 aromatic heterocycles. The van der Waals surface area contributed by atoms with Crippen molar-refractivity contribution in [1.82, 2.24) is 0 Å². The second kappa shape index (κ2) is 5.23. The van der Waals surface area contributed by atoms with E-state index < -0.39 is 0 Å². The minimum Gasteiger partial charge on any atom is -0.381 e. The third kappa shape index (κ3) is 2.64. The van der Waals surface area contributed by atoms with Gasteiger partial charge in [0.2, 0.25) is 0 Å². The van der Waals surface area contributed by atoms with Crippen LogP contribution in [0.25, 0.3) is 0 Å². The Morgan fingerprint density at radius 3 is 2.61 bits per heavy atom. The molecular weight excluding hydrogens is 224 g/mol. The average molecular weight is 244 g/mol. The second-order valence-electron chi connectivity index (χ2n) is 5.59. The van der Waals surface area contributed by atoms with E-state index in [1.54, 1.807) is 0 Å². The van der Waals surface area contributed by atoms with Crippen LogP contribution in [0.5, 0.6) is 0 Å². The van der Waals surface area contributed by atoms with Gasteiger partial charge in [-0.3, -0.25) is 4.79 Å². The summed E-state index contributed by atoms with van der Waals surface area (Å²) in [6.07, 6.45) is 3.96.